The van der Waals surface area contributed by atoms with Crippen LogP contribution in [0.5, 0.6) is 0 Å². The number of carbonyl (C=O) groups is 1. The Hall–Kier alpha value is -1.55. The highest BCUT2D eigenvalue weighted by molar-refractivity contribution is 5.81. The summed E-state index contributed by atoms with van der Waals surface area (Å²) in [7, 11) is 2.14. The molecule has 2 bridgehead atoms. The van der Waals surface area contributed by atoms with E-state index < -0.39 is 0 Å². The lowest BCUT2D eigenvalue weighted by molar-refractivity contribution is -0.140. The Labute approximate surface area is 138 Å². The topological polar surface area (TPSA) is 32.8 Å². The molecule has 4 rings (SSSR count). The summed E-state index contributed by atoms with van der Waals surface area (Å²) in [5.41, 5.74) is 2.51. The van der Waals surface area contributed by atoms with Gasteiger partial charge in [-0.1, -0.05) is 25.1 Å². The maximum absolute atomic E-state index is 13.3. The Balaban J connectivity index is 1.62. The fourth-order valence-corrected chi connectivity index (χ4v) is 4.56. The number of para-hydroxylation sites is 1. The number of fused-ring (bicyclic) bond motifs is 3. The van der Waals surface area contributed by atoms with Crippen LogP contribution >= 0.6 is 0 Å². The molecule has 2 saturated heterocycles. The lowest BCUT2D eigenvalue weighted by Gasteiger charge is -2.34. The number of nitrogens with zero attached hydrogens (tertiary/aromatic N) is 2. The van der Waals surface area contributed by atoms with Crippen LogP contribution < -0.4 is 4.90 Å². The molecule has 124 valence electrons. The molecule has 0 aliphatic carbocycles. The van der Waals surface area contributed by atoms with Gasteiger partial charge in [-0.3, -0.25) is 4.79 Å². The first-order valence-corrected chi connectivity index (χ1v) is 8.92. The van der Waals surface area contributed by atoms with Gasteiger partial charge in [0.05, 0.1) is 18.1 Å². The van der Waals surface area contributed by atoms with Crippen LogP contribution in [0.3, 0.4) is 0 Å². The highest BCUT2D eigenvalue weighted by atomic mass is 16.5. The summed E-state index contributed by atoms with van der Waals surface area (Å²) < 4.78 is 5.93. The third-order valence-corrected chi connectivity index (χ3v) is 5.85. The zero-order valence-corrected chi connectivity index (χ0v) is 14.1. The number of likely N-dealkylation sites (N-methyl/N-ethyl adjacent to an activating group) is 1. The van der Waals surface area contributed by atoms with E-state index in [0.717, 1.165) is 38.8 Å². The van der Waals surface area contributed by atoms with E-state index in [4.69, 9.17) is 4.74 Å². The molecule has 3 aliphatic rings. The second-order valence-electron chi connectivity index (χ2n) is 7.25. The van der Waals surface area contributed by atoms with Crippen molar-refractivity contribution in [2.45, 2.75) is 57.4 Å². The van der Waals surface area contributed by atoms with E-state index in [1.54, 1.807) is 0 Å². The van der Waals surface area contributed by atoms with Crippen LogP contribution in [-0.2, 0) is 16.1 Å². The van der Waals surface area contributed by atoms with E-state index in [9.17, 15) is 4.79 Å². The second-order valence-corrected chi connectivity index (χ2v) is 7.25. The van der Waals surface area contributed by atoms with Crippen LogP contribution in [-0.4, -0.2) is 42.6 Å². The lowest BCUT2D eigenvalue weighted by Crippen LogP contribution is -2.47. The Kier molecular flexibility index (Phi) is 3.80. The highest BCUT2D eigenvalue weighted by Crippen LogP contribution is 2.40. The Morgan fingerprint density at radius 2 is 2.13 bits per heavy atom. The fourth-order valence-electron chi connectivity index (χ4n) is 4.56. The molecule has 4 heteroatoms. The number of ether oxygens (including phenoxy) is 1. The van der Waals surface area contributed by atoms with Gasteiger partial charge in [0.15, 0.2) is 0 Å². The molecule has 0 unspecified atom stereocenters. The van der Waals surface area contributed by atoms with E-state index in [2.05, 4.69) is 48.0 Å². The van der Waals surface area contributed by atoms with Gasteiger partial charge in [0.25, 0.3) is 0 Å². The molecule has 3 heterocycles. The van der Waals surface area contributed by atoms with Crippen LogP contribution in [0.2, 0.25) is 0 Å². The van der Waals surface area contributed by atoms with Crippen LogP contribution in [0.15, 0.2) is 24.3 Å². The average Bonchev–Trinajstić information content (AvgIpc) is 3.17. The molecular weight excluding hydrogens is 288 g/mol. The second kappa shape index (κ2) is 5.82. The minimum Gasteiger partial charge on any atom is -0.374 e. The molecule has 0 saturated carbocycles. The maximum atomic E-state index is 13.3. The average molecular weight is 314 g/mol. The zero-order chi connectivity index (χ0) is 16.0. The van der Waals surface area contributed by atoms with E-state index in [1.807, 2.05) is 0 Å². The SMILES string of the molecule is CC[C@@H]1CN(C)c2ccccc2CN1C(=O)[C@@H]1C[C@H]2CC[C@H]1O2. The molecule has 4 atom stereocenters. The fraction of sp³-hybridized carbons (Fsp3) is 0.632. The monoisotopic (exact) mass is 314 g/mol. The van der Waals surface area contributed by atoms with Crippen LogP contribution in [0.4, 0.5) is 5.69 Å². The molecule has 2 fully saturated rings. The van der Waals surface area contributed by atoms with Crippen molar-refractivity contribution in [2.24, 2.45) is 5.92 Å². The zero-order valence-electron chi connectivity index (χ0n) is 14.1. The van der Waals surface area contributed by atoms with Crippen LogP contribution in [0, 0.1) is 5.92 Å². The van der Waals surface area contributed by atoms with Gasteiger partial charge in [-0.2, -0.15) is 0 Å². The first kappa shape index (κ1) is 15.0. The first-order valence-electron chi connectivity index (χ1n) is 8.92. The Morgan fingerprint density at radius 3 is 2.83 bits per heavy atom. The van der Waals surface area contributed by atoms with Crippen molar-refractivity contribution < 1.29 is 9.53 Å². The predicted molar refractivity (Wildman–Crippen MR) is 90.3 cm³/mol. The summed E-state index contributed by atoms with van der Waals surface area (Å²) in [6.07, 6.45) is 4.61. The summed E-state index contributed by atoms with van der Waals surface area (Å²) in [5.74, 6) is 0.396. The molecule has 1 aromatic carbocycles. The van der Waals surface area contributed by atoms with Crippen LogP contribution in [0.25, 0.3) is 0 Å². The first-order chi connectivity index (χ1) is 11.2. The minimum absolute atomic E-state index is 0.0818. The number of rotatable bonds is 2. The van der Waals surface area contributed by atoms with Gasteiger partial charge in [0, 0.05) is 31.9 Å². The highest BCUT2D eigenvalue weighted by Gasteiger charge is 2.46. The summed E-state index contributed by atoms with van der Waals surface area (Å²) in [6.45, 7) is 3.82. The molecule has 0 N–H and O–H groups in total. The maximum Gasteiger partial charge on any atom is 0.229 e. The van der Waals surface area contributed by atoms with Gasteiger partial charge < -0.3 is 14.5 Å². The summed E-state index contributed by atoms with van der Waals surface area (Å²) in [4.78, 5) is 17.7. The van der Waals surface area contributed by atoms with Crippen molar-refractivity contribution in [3.63, 3.8) is 0 Å². The molecule has 0 radical (unpaired) electrons. The van der Waals surface area contributed by atoms with Crippen molar-refractivity contribution in [3.05, 3.63) is 29.8 Å². The molecular formula is C19H26N2O2. The van der Waals surface area contributed by atoms with E-state index in [1.165, 1.54) is 11.3 Å². The van der Waals surface area contributed by atoms with Crippen molar-refractivity contribution in [1.29, 1.82) is 0 Å². The number of anilines is 1. The number of hydrogen-bond donors (Lipinski definition) is 0. The smallest absolute Gasteiger partial charge is 0.229 e. The normalized spacial score (nSPS) is 32.8. The molecule has 1 aromatic rings. The lowest BCUT2D eigenvalue weighted by atomic mass is 9.87. The van der Waals surface area contributed by atoms with E-state index in [-0.39, 0.29) is 18.1 Å². The molecule has 4 nitrogen and oxygen atoms in total. The van der Waals surface area contributed by atoms with Crippen LogP contribution in [0.1, 0.15) is 38.2 Å². The third kappa shape index (κ3) is 2.53. The number of carbonyl (C=O) groups excluding carboxylic acids is 1. The van der Waals surface area contributed by atoms with E-state index >= 15 is 0 Å². The van der Waals surface area contributed by atoms with E-state index in [0.29, 0.717) is 12.0 Å². The summed E-state index contributed by atoms with van der Waals surface area (Å²) in [6, 6.07) is 8.75. The quantitative estimate of drug-likeness (QED) is 0.841. The summed E-state index contributed by atoms with van der Waals surface area (Å²) >= 11 is 0. The predicted octanol–water partition coefficient (Wildman–Crippen LogP) is 2.81. The number of benzene rings is 1. The van der Waals surface area contributed by atoms with Gasteiger partial charge in [-0.05, 0) is 37.3 Å². The molecule has 3 aliphatic heterocycles. The van der Waals surface area contributed by atoms with Gasteiger partial charge in [0.1, 0.15) is 0 Å². The van der Waals surface area contributed by atoms with Crippen molar-refractivity contribution >= 4 is 11.6 Å². The third-order valence-electron chi connectivity index (χ3n) is 5.85. The van der Waals surface area contributed by atoms with Gasteiger partial charge in [0.2, 0.25) is 5.91 Å². The standard InChI is InChI=1S/C19H26N2O2/c1-3-14-12-20(2)17-7-5-4-6-13(17)11-21(14)19(22)16-10-15-8-9-18(16)23-15/h4-7,14-16,18H,3,8-12H2,1-2H3/t14-,15-,16-,18-/m1/s1. The Morgan fingerprint density at radius 1 is 1.30 bits per heavy atom. The molecule has 0 aromatic heterocycles. The Bertz CT molecular complexity index is 603. The number of hydrogen-bond acceptors (Lipinski definition) is 3. The van der Waals surface area contributed by atoms with Crippen molar-refractivity contribution in [2.75, 3.05) is 18.5 Å². The largest absolute Gasteiger partial charge is 0.374 e. The molecule has 23 heavy (non-hydrogen) atoms. The molecule has 1 amide bonds. The number of amides is 1. The van der Waals surface area contributed by atoms with Crippen molar-refractivity contribution in [3.8, 4) is 0 Å². The summed E-state index contributed by atoms with van der Waals surface area (Å²) in [5, 5.41) is 0. The van der Waals surface area contributed by atoms with Gasteiger partial charge in [-0.15, -0.1) is 0 Å². The minimum atomic E-state index is 0.0818. The van der Waals surface area contributed by atoms with Gasteiger partial charge >= 0.3 is 0 Å². The molecule has 0 spiro atoms. The van der Waals surface area contributed by atoms with Gasteiger partial charge in [-0.25, -0.2) is 0 Å². The van der Waals surface area contributed by atoms with Crippen molar-refractivity contribution in [1.82, 2.24) is 4.90 Å².